The van der Waals surface area contributed by atoms with Gasteiger partial charge in [-0.25, -0.2) is 13.2 Å². The zero-order valence-corrected chi connectivity index (χ0v) is 13.3. The molecule has 0 aliphatic carbocycles. The van der Waals surface area contributed by atoms with Crippen molar-refractivity contribution in [3.05, 3.63) is 59.2 Å². The van der Waals surface area contributed by atoms with E-state index in [1.807, 2.05) is 10.3 Å². The van der Waals surface area contributed by atoms with Crippen LogP contribution < -0.4 is 10.3 Å². The van der Waals surface area contributed by atoms with E-state index in [1.54, 1.807) is 6.92 Å². The van der Waals surface area contributed by atoms with Gasteiger partial charge in [-0.3, -0.25) is 10.2 Å². The third-order valence-electron chi connectivity index (χ3n) is 3.18. The van der Waals surface area contributed by atoms with Crippen LogP contribution in [0.5, 0.6) is 5.75 Å². The monoisotopic (exact) mass is 350 g/mol. The summed E-state index contributed by atoms with van der Waals surface area (Å²) in [5, 5.41) is 18.2. The summed E-state index contributed by atoms with van der Waals surface area (Å²) in [6.45, 7) is 1.54. The molecule has 8 nitrogen and oxygen atoms in total. The van der Waals surface area contributed by atoms with Crippen LogP contribution in [0.15, 0.2) is 47.4 Å². The fourth-order valence-electron chi connectivity index (χ4n) is 1.86. The van der Waals surface area contributed by atoms with Crippen LogP contribution >= 0.6 is 0 Å². The van der Waals surface area contributed by atoms with E-state index in [4.69, 9.17) is 10.2 Å². The highest BCUT2D eigenvalue weighted by atomic mass is 32.2. The van der Waals surface area contributed by atoms with Gasteiger partial charge in [0.25, 0.3) is 15.9 Å². The largest absolute Gasteiger partial charge is 0.508 e. The molecule has 0 saturated heterocycles. The molecule has 9 heteroatoms. The average Bonchev–Trinajstić information content (AvgIpc) is 2.53. The van der Waals surface area contributed by atoms with Gasteiger partial charge in [-0.15, -0.1) is 4.83 Å². The number of sulfonamides is 1. The molecular formula is C15H14N2O6S. The normalized spacial score (nSPS) is 11.0. The zero-order chi connectivity index (χ0) is 17.9. The molecule has 24 heavy (non-hydrogen) atoms. The second kappa shape index (κ2) is 6.69. The van der Waals surface area contributed by atoms with Crippen molar-refractivity contribution in [3.8, 4) is 5.75 Å². The second-order valence-electron chi connectivity index (χ2n) is 4.89. The van der Waals surface area contributed by atoms with Gasteiger partial charge < -0.3 is 10.2 Å². The maximum absolute atomic E-state index is 12.1. The van der Waals surface area contributed by atoms with Crippen molar-refractivity contribution in [2.24, 2.45) is 0 Å². The minimum atomic E-state index is -4.14. The Labute approximate surface area is 137 Å². The van der Waals surface area contributed by atoms with Crippen LogP contribution in [-0.4, -0.2) is 30.5 Å². The van der Waals surface area contributed by atoms with E-state index < -0.39 is 21.9 Å². The molecule has 0 heterocycles. The van der Waals surface area contributed by atoms with E-state index in [0.717, 1.165) is 6.07 Å². The Morgan fingerprint density at radius 1 is 1.04 bits per heavy atom. The second-order valence-corrected chi connectivity index (χ2v) is 6.57. The smallest absolute Gasteiger partial charge is 0.335 e. The molecule has 0 spiro atoms. The first-order valence-corrected chi connectivity index (χ1v) is 8.14. The van der Waals surface area contributed by atoms with Gasteiger partial charge >= 0.3 is 5.97 Å². The maximum atomic E-state index is 12.1. The molecule has 2 aromatic carbocycles. The van der Waals surface area contributed by atoms with Crippen LogP contribution in [0.3, 0.4) is 0 Å². The minimum Gasteiger partial charge on any atom is -0.508 e. The highest BCUT2D eigenvalue weighted by molar-refractivity contribution is 7.89. The first-order chi connectivity index (χ1) is 11.2. The van der Waals surface area contributed by atoms with Crippen LogP contribution in [0, 0.1) is 6.92 Å². The molecule has 0 atom stereocenters. The van der Waals surface area contributed by atoms with Gasteiger partial charge in [0.15, 0.2) is 0 Å². The summed E-state index contributed by atoms with van der Waals surface area (Å²) in [4.78, 5) is 24.5. The third-order valence-corrected chi connectivity index (χ3v) is 4.42. The Morgan fingerprint density at radius 2 is 1.67 bits per heavy atom. The molecule has 4 N–H and O–H groups in total. The predicted molar refractivity (Wildman–Crippen MR) is 84.0 cm³/mol. The molecule has 0 aliphatic rings. The van der Waals surface area contributed by atoms with Crippen molar-refractivity contribution >= 4 is 21.9 Å². The third kappa shape index (κ3) is 3.89. The van der Waals surface area contributed by atoms with Crippen LogP contribution in [0.2, 0.25) is 0 Å². The lowest BCUT2D eigenvalue weighted by atomic mass is 10.1. The number of aryl methyl sites for hydroxylation is 1. The van der Waals surface area contributed by atoms with Gasteiger partial charge in [0.05, 0.1) is 10.5 Å². The van der Waals surface area contributed by atoms with Gasteiger partial charge in [-0.05, 0) is 48.9 Å². The number of aromatic hydroxyl groups is 1. The Bertz CT molecular complexity index is 891. The summed E-state index contributed by atoms with van der Waals surface area (Å²) in [5.41, 5.74) is 2.41. The van der Waals surface area contributed by atoms with Crippen molar-refractivity contribution in [2.75, 3.05) is 0 Å². The molecule has 2 rings (SSSR count). The quantitative estimate of drug-likeness (QED) is 0.595. The lowest BCUT2D eigenvalue weighted by molar-refractivity contribution is 0.0695. The molecular weight excluding hydrogens is 336 g/mol. The highest BCUT2D eigenvalue weighted by Gasteiger charge is 2.18. The number of phenolic OH excluding ortho intramolecular Hbond substituents is 1. The fraction of sp³-hybridized carbons (Fsp3) is 0.0667. The number of carbonyl (C=O) groups is 2. The molecule has 0 bridgehead atoms. The number of hydrazine groups is 1. The summed E-state index contributed by atoms with van der Waals surface area (Å²) < 4.78 is 24.3. The number of amides is 1. The van der Waals surface area contributed by atoms with E-state index >= 15 is 0 Å². The summed E-state index contributed by atoms with van der Waals surface area (Å²) in [7, 11) is -4.14. The summed E-state index contributed by atoms with van der Waals surface area (Å²) in [5.74, 6) is -2.02. The molecule has 0 saturated carbocycles. The van der Waals surface area contributed by atoms with Gasteiger partial charge in [0.2, 0.25) is 0 Å². The first-order valence-electron chi connectivity index (χ1n) is 6.66. The lowest BCUT2D eigenvalue weighted by Crippen LogP contribution is -2.41. The fourth-order valence-corrected chi connectivity index (χ4v) is 2.72. The number of hydrogen-bond acceptors (Lipinski definition) is 5. The van der Waals surface area contributed by atoms with E-state index in [2.05, 4.69) is 0 Å². The number of aromatic carboxylic acids is 1. The number of hydrogen-bond donors (Lipinski definition) is 4. The number of carboxylic acids is 1. The van der Waals surface area contributed by atoms with Crippen molar-refractivity contribution < 1.29 is 28.2 Å². The van der Waals surface area contributed by atoms with Crippen LogP contribution in [0.4, 0.5) is 0 Å². The Hall–Kier alpha value is -2.91. The van der Waals surface area contributed by atoms with E-state index in [0.29, 0.717) is 5.56 Å². The van der Waals surface area contributed by atoms with E-state index in [-0.39, 0.29) is 21.8 Å². The van der Waals surface area contributed by atoms with Gasteiger partial charge in [-0.2, -0.15) is 0 Å². The summed E-state index contributed by atoms with van der Waals surface area (Å²) in [6.07, 6.45) is 0. The molecule has 0 fully saturated rings. The number of rotatable bonds is 5. The molecule has 0 radical (unpaired) electrons. The van der Waals surface area contributed by atoms with Gasteiger partial charge in [0.1, 0.15) is 5.75 Å². The topological polar surface area (TPSA) is 133 Å². The molecule has 0 aliphatic heterocycles. The van der Waals surface area contributed by atoms with E-state index in [9.17, 15) is 18.0 Å². The average molecular weight is 350 g/mol. The predicted octanol–water partition coefficient (Wildman–Crippen LogP) is 1.02. The highest BCUT2D eigenvalue weighted by Crippen LogP contribution is 2.15. The molecule has 126 valence electrons. The van der Waals surface area contributed by atoms with Crippen molar-refractivity contribution in [1.82, 2.24) is 10.3 Å². The molecule has 2 aromatic rings. The van der Waals surface area contributed by atoms with Crippen molar-refractivity contribution in [3.63, 3.8) is 0 Å². The number of carbonyl (C=O) groups excluding carboxylic acids is 1. The number of nitrogens with one attached hydrogen (secondary N) is 2. The number of carboxylic acid groups (broad SMARTS) is 1. The van der Waals surface area contributed by atoms with E-state index in [1.165, 1.54) is 36.4 Å². The number of benzene rings is 2. The standard InChI is InChI=1S/C15H14N2O6S/c1-9-2-7-12(8-13(9)15(20)21)24(22,23)17-16-14(19)10-3-5-11(18)6-4-10/h2-8,17-18H,1H3,(H,16,19)(H,20,21). The van der Waals surface area contributed by atoms with Crippen molar-refractivity contribution in [1.29, 1.82) is 0 Å². The van der Waals surface area contributed by atoms with Crippen LogP contribution in [0.25, 0.3) is 0 Å². The van der Waals surface area contributed by atoms with Crippen molar-refractivity contribution in [2.45, 2.75) is 11.8 Å². The first kappa shape index (κ1) is 17.4. The SMILES string of the molecule is Cc1ccc(S(=O)(=O)NNC(=O)c2ccc(O)cc2)cc1C(=O)O. The Balaban J connectivity index is 2.17. The van der Waals surface area contributed by atoms with Gasteiger partial charge in [0, 0.05) is 5.56 Å². The van der Waals surface area contributed by atoms with Crippen LogP contribution in [-0.2, 0) is 10.0 Å². The summed E-state index contributed by atoms with van der Waals surface area (Å²) in [6, 6.07) is 8.79. The maximum Gasteiger partial charge on any atom is 0.335 e. The van der Waals surface area contributed by atoms with Gasteiger partial charge in [-0.1, -0.05) is 6.07 Å². The lowest BCUT2D eigenvalue weighted by Gasteiger charge is -2.10. The molecule has 0 unspecified atom stereocenters. The minimum absolute atomic E-state index is 0.0343. The zero-order valence-electron chi connectivity index (χ0n) is 12.5. The molecule has 0 aromatic heterocycles. The molecule has 1 amide bonds. The van der Waals surface area contributed by atoms with Crippen LogP contribution in [0.1, 0.15) is 26.3 Å². The Kier molecular flexibility index (Phi) is 4.86. The Morgan fingerprint density at radius 3 is 2.25 bits per heavy atom. The number of phenols is 1. The summed E-state index contributed by atoms with van der Waals surface area (Å²) >= 11 is 0.